The van der Waals surface area contributed by atoms with E-state index in [9.17, 15) is 0 Å². The van der Waals surface area contributed by atoms with Crippen molar-refractivity contribution in [3.8, 4) is 0 Å². The second-order valence-electron chi connectivity index (χ2n) is 5.91. The third kappa shape index (κ3) is 3.36. The molecule has 1 saturated carbocycles. The molecule has 100 valence electrons. The van der Waals surface area contributed by atoms with Crippen LogP contribution >= 0.6 is 15.9 Å². The summed E-state index contributed by atoms with van der Waals surface area (Å²) in [7, 11) is 0. The van der Waals surface area contributed by atoms with Gasteiger partial charge in [-0.15, -0.1) is 0 Å². The van der Waals surface area contributed by atoms with Crippen LogP contribution in [-0.4, -0.2) is 6.04 Å². The monoisotopic (exact) mass is 309 g/mol. The van der Waals surface area contributed by atoms with E-state index < -0.39 is 0 Å². The van der Waals surface area contributed by atoms with Gasteiger partial charge < -0.3 is 5.32 Å². The SMILES string of the molecule is CC1CCC(C)C(NC(C)c2ccccc2Br)C1. The number of nitrogens with one attached hydrogen (secondary N) is 1. The Balaban J connectivity index is 2.02. The van der Waals surface area contributed by atoms with Crippen molar-refractivity contribution < 1.29 is 0 Å². The smallest absolute Gasteiger partial charge is 0.0305 e. The van der Waals surface area contributed by atoms with E-state index in [1.807, 2.05) is 0 Å². The third-order valence-corrected chi connectivity index (χ3v) is 5.02. The van der Waals surface area contributed by atoms with Gasteiger partial charge in [-0.1, -0.05) is 54.4 Å². The molecule has 2 heteroatoms. The minimum absolute atomic E-state index is 0.415. The summed E-state index contributed by atoms with van der Waals surface area (Å²) in [5, 5.41) is 3.83. The van der Waals surface area contributed by atoms with E-state index in [1.54, 1.807) is 0 Å². The fraction of sp³-hybridized carbons (Fsp3) is 0.625. The van der Waals surface area contributed by atoms with Crippen LogP contribution in [0.25, 0.3) is 0 Å². The first-order valence-electron chi connectivity index (χ1n) is 7.08. The first-order chi connectivity index (χ1) is 8.58. The molecule has 1 aliphatic rings. The Kier molecular flexibility index (Phi) is 4.85. The fourth-order valence-corrected chi connectivity index (χ4v) is 3.63. The van der Waals surface area contributed by atoms with Gasteiger partial charge in [0.1, 0.15) is 0 Å². The summed E-state index contributed by atoms with van der Waals surface area (Å²) in [6, 6.07) is 9.60. The number of hydrogen-bond acceptors (Lipinski definition) is 1. The van der Waals surface area contributed by atoms with Crippen molar-refractivity contribution in [1.82, 2.24) is 5.32 Å². The molecule has 2 rings (SSSR count). The average Bonchev–Trinajstić information content (AvgIpc) is 2.34. The van der Waals surface area contributed by atoms with Gasteiger partial charge in [-0.25, -0.2) is 0 Å². The molecule has 0 radical (unpaired) electrons. The molecule has 0 heterocycles. The lowest BCUT2D eigenvalue weighted by molar-refractivity contribution is 0.216. The Morgan fingerprint density at radius 1 is 1.22 bits per heavy atom. The highest BCUT2D eigenvalue weighted by Gasteiger charge is 2.26. The second-order valence-corrected chi connectivity index (χ2v) is 6.77. The molecule has 0 amide bonds. The molecule has 1 aliphatic carbocycles. The molecule has 0 spiro atoms. The lowest BCUT2D eigenvalue weighted by Crippen LogP contribution is -2.40. The van der Waals surface area contributed by atoms with Crippen LogP contribution < -0.4 is 5.32 Å². The summed E-state index contributed by atoms with van der Waals surface area (Å²) in [6.45, 7) is 7.03. The van der Waals surface area contributed by atoms with Gasteiger partial charge in [-0.05, 0) is 43.2 Å². The summed E-state index contributed by atoms with van der Waals surface area (Å²) < 4.78 is 1.21. The van der Waals surface area contributed by atoms with E-state index in [1.165, 1.54) is 29.3 Å². The fourth-order valence-electron chi connectivity index (χ4n) is 3.00. The molecule has 18 heavy (non-hydrogen) atoms. The Bertz CT molecular complexity index is 390. The zero-order chi connectivity index (χ0) is 13.1. The van der Waals surface area contributed by atoms with E-state index in [4.69, 9.17) is 0 Å². The minimum atomic E-state index is 0.415. The summed E-state index contributed by atoms with van der Waals surface area (Å²) in [5.74, 6) is 1.66. The average molecular weight is 310 g/mol. The van der Waals surface area contributed by atoms with Gasteiger partial charge in [0, 0.05) is 16.6 Å². The van der Waals surface area contributed by atoms with Gasteiger partial charge in [0.05, 0.1) is 0 Å². The predicted octanol–water partition coefficient (Wildman–Crippen LogP) is 4.92. The van der Waals surface area contributed by atoms with Gasteiger partial charge >= 0.3 is 0 Å². The number of hydrogen-bond donors (Lipinski definition) is 1. The standard InChI is InChI=1S/C16H24BrN/c1-11-8-9-12(2)16(10-11)18-13(3)14-6-4-5-7-15(14)17/h4-7,11-13,16,18H,8-10H2,1-3H3. The van der Waals surface area contributed by atoms with Crippen LogP contribution in [0.4, 0.5) is 0 Å². The van der Waals surface area contributed by atoms with E-state index in [0.717, 1.165) is 11.8 Å². The maximum atomic E-state index is 3.83. The molecule has 4 unspecified atom stereocenters. The van der Waals surface area contributed by atoms with Crippen LogP contribution in [0, 0.1) is 11.8 Å². The zero-order valence-corrected chi connectivity index (χ0v) is 13.2. The number of benzene rings is 1. The lowest BCUT2D eigenvalue weighted by Gasteiger charge is -2.35. The second kappa shape index (κ2) is 6.21. The van der Waals surface area contributed by atoms with Gasteiger partial charge in [-0.3, -0.25) is 0 Å². The van der Waals surface area contributed by atoms with Crippen molar-refractivity contribution in [2.75, 3.05) is 0 Å². The van der Waals surface area contributed by atoms with Crippen molar-refractivity contribution in [2.24, 2.45) is 11.8 Å². The summed E-state index contributed by atoms with van der Waals surface area (Å²) in [4.78, 5) is 0. The Labute approximate surface area is 119 Å². The molecule has 1 N–H and O–H groups in total. The zero-order valence-electron chi connectivity index (χ0n) is 11.6. The van der Waals surface area contributed by atoms with Crippen LogP contribution in [0.5, 0.6) is 0 Å². The highest BCUT2D eigenvalue weighted by atomic mass is 79.9. The summed E-state index contributed by atoms with van der Waals surface area (Å²) in [6.07, 6.45) is 4.07. The molecular weight excluding hydrogens is 286 g/mol. The van der Waals surface area contributed by atoms with Gasteiger partial charge in [0.15, 0.2) is 0 Å². The van der Waals surface area contributed by atoms with E-state index >= 15 is 0 Å². The Hall–Kier alpha value is -0.340. The predicted molar refractivity (Wildman–Crippen MR) is 81.7 cm³/mol. The number of halogens is 1. The molecule has 0 bridgehead atoms. The highest BCUT2D eigenvalue weighted by molar-refractivity contribution is 9.10. The van der Waals surface area contributed by atoms with Crippen LogP contribution in [0.15, 0.2) is 28.7 Å². The van der Waals surface area contributed by atoms with Crippen molar-refractivity contribution in [2.45, 2.75) is 52.1 Å². The molecule has 0 aliphatic heterocycles. The molecule has 1 aromatic carbocycles. The molecule has 1 fully saturated rings. The molecule has 0 aromatic heterocycles. The molecular formula is C16H24BrN. The normalized spacial score (nSPS) is 30.1. The third-order valence-electron chi connectivity index (χ3n) is 4.29. The van der Waals surface area contributed by atoms with Crippen molar-refractivity contribution in [1.29, 1.82) is 0 Å². The van der Waals surface area contributed by atoms with Crippen molar-refractivity contribution >= 4 is 15.9 Å². The highest BCUT2D eigenvalue weighted by Crippen LogP contribution is 2.31. The molecule has 1 aromatic rings. The minimum Gasteiger partial charge on any atom is -0.307 e. The molecule has 1 nitrogen and oxygen atoms in total. The van der Waals surface area contributed by atoms with Crippen LogP contribution in [-0.2, 0) is 0 Å². The van der Waals surface area contributed by atoms with Crippen LogP contribution in [0.2, 0.25) is 0 Å². The maximum Gasteiger partial charge on any atom is 0.0305 e. The maximum absolute atomic E-state index is 3.83. The summed E-state index contributed by atoms with van der Waals surface area (Å²) in [5.41, 5.74) is 1.36. The number of rotatable bonds is 3. The van der Waals surface area contributed by atoms with Gasteiger partial charge in [-0.2, -0.15) is 0 Å². The van der Waals surface area contributed by atoms with E-state index in [-0.39, 0.29) is 0 Å². The van der Waals surface area contributed by atoms with Gasteiger partial charge in [0.25, 0.3) is 0 Å². The van der Waals surface area contributed by atoms with E-state index in [0.29, 0.717) is 12.1 Å². The van der Waals surface area contributed by atoms with Crippen molar-refractivity contribution in [3.05, 3.63) is 34.3 Å². The first kappa shape index (κ1) is 14.1. The Morgan fingerprint density at radius 2 is 1.94 bits per heavy atom. The largest absolute Gasteiger partial charge is 0.307 e. The molecule has 0 saturated heterocycles. The quantitative estimate of drug-likeness (QED) is 0.835. The summed E-state index contributed by atoms with van der Waals surface area (Å²) >= 11 is 3.65. The van der Waals surface area contributed by atoms with Crippen LogP contribution in [0.3, 0.4) is 0 Å². The van der Waals surface area contributed by atoms with E-state index in [2.05, 4.69) is 66.3 Å². The van der Waals surface area contributed by atoms with Crippen LogP contribution in [0.1, 0.15) is 51.6 Å². The van der Waals surface area contributed by atoms with Crippen molar-refractivity contribution in [3.63, 3.8) is 0 Å². The first-order valence-corrected chi connectivity index (χ1v) is 7.87. The topological polar surface area (TPSA) is 12.0 Å². The lowest BCUT2D eigenvalue weighted by atomic mass is 9.79. The Morgan fingerprint density at radius 3 is 2.67 bits per heavy atom. The molecule has 4 atom stereocenters. The van der Waals surface area contributed by atoms with Gasteiger partial charge in [0.2, 0.25) is 0 Å².